The highest BCUT2D eigenvalue weighted by Gasteiger charge is 2.43. The number of hydrogen-bond acceptors (Lipinski definition) is 15. The lowest BCUT2D eigenvalue weighted by Gasteiger charge is -2.37. The number of nitrogens with zero attached hydrogens (tertiary/aromatic N) is 6. The topological polar surface area (TPSA) is 368 Å². The molecule has 11 amide bonds. The van der Waals surface area contributed by atoms with Crippen LogP contribution in [0.4, 0.5) is 0 Å². The number of rotatable bonds is 39. The van der Waals surface area contributed by atoms with Gasteiger partial charge < -0.3 is 71.9 Å². The van der Waals surface area contributed by atoms with Crippen molar-refractivity contribution in [3.8, 4) is 0 Å². The molecule has 12 atom stereocenters. The molecule has 1 aliphatic rings. The van der Waals surface area contributed by atoms with Gasteiger partial charge in [-0.15, -0.1) is 0 Å². The number of hydrogen-bond donors (Lipinski definition) is 8. The Bertz CT molecular complexity index is 3350. The molecule has 27 nitrogen and oxygen atoms in total. The Morgan fingerprint density at radius 1 is 0.466 bits per heavy atom. The summed E-state index contributed by atoms with van der Waals surface area (Å²) in [5, 5.41) is 34.7. The Kier molecular flexibility index (Phi) is 34.6. The molecule has 27 heteroatoms. The van der Waals surface area contributed by atoms with Gasteiger partial charge in [0, 0.05) is 73.5 Å². The molecule has 568 valence electrons. The van der Waals surface area contributed by atoms with Crippen molar-refractivity contribution >= 4 is 76.7 Å². The molecule has 0 aliphatic carbocycles. The third-order valence-corrected chi connectivity index (χ3v) is 18.8. The molecule has 3 aromatic rings. The SMILES string of the molecule is CC(C)C[C@@H](C(=O)N(C)[C@H](C(=O)C[C@@H](Cc1ccccc1)C(=O)N[C@@H](CC(=O)O)C(=O)N(C)[C@@H](Cc1ccccc1)C(=O)N[C@@H](C)C(=O)N1CCCCC1)C(C)C)N(C)C(=O)CNC(=O)[C@H](Cc1ccccc1)N(C)C(=O)[C@@H](NC(=O)[C@H](CC(C)C)N(C)C(=O)[C@@H](NC(=O)[C@H](C)N)C(C)C)[C@@H](C)O. The highest BCUT2D eigenvalue weighted by molar-refractivity contribution is 6.00. The number of aliphatic carboxylic acids is 1. The number of carbonyl (C=O) groups excluding carboxylic acids is 12. The summed E-state index contributed by atoms with van der Waals surface area (Å²) in [5.41, 5.74) is 7.66. The number of nitrogens with one attached hydrogen (secondary N) is 5. The highest BCUT2D eigenvalue weighted by Crippen LogP contribution is 2.25. The van der Waals surface area contributed by atoms with Crippen molar-refractivity contribution in [1.29, 1.82) is 0 Å². The molecule has 0 aromatic heterocycles. The van der Waals surface area contributed by atoms with Gasteiger partial charge in [0.1, 0.15) is 48.3 Å². The summed E-state index contributed by atoms with van der Waals surface area (Å²) in [4.78, 5) is 192. The van der Waals surface area contributed by atoms with E-state index in [1.807, 2.05) is 27.7 Å². The summed E-state index contributed by atoms with van der Waals surface area (Å²) in [6.45, 7) is 18.9. The number of ketones is 1. The first kappa shape index (κ1) is 86.3. The predicted octanol–water partition coefficient (Wildman–Crippen LogP) is 3.12. The fourth-order valence-electron chi connectivity index (χ4n) is 12.8. The number of Topliss-reactive ketones (excluding diaryl/α,β-unsaturated/α-hetero) is 1. The number of likely N-dealkylation sites (tertiary alicyclic amines) is 1. The van der Waals surface area contributed by atoms with Gasteiger partial charge in [-0.3, -0.25) is 62.3 Å². The molecule has 1 saturated heterocycles. The van der Waals surface area contributed by atoms with Crippen LogP contribution in [-0.4, -0.2) is 238 Å². The van der Waals surface area contributed by atoms with Gasteiger partial charge in [-0.05, 0) is 99.7 Å². The quantitative estimate of drug-likeness (QED) is 0.0407. The summed E-state index contributed by atoms with van der Waals surface area (Å²) in [7, 11) is 6.82. The first-order chi connectivity index (χ1) is 48.4. The molecular formula is C76H114N12O15. The zero-order valence-corrected chi connectivity index (χ0v) is 63.1. The molecule has 103 heavy (non-hydrogen) atoms. The Morgan fingerprint density at radius 2 is 0.913 bits per heavy atom. The lowest BCUT2D eigenvalue weighted by molar-refractivity contribution is -0.149. The van der Waals surface area contributed by atoms with Crippen LogP contribution in [0.1, 0.15) is 138 Å². The minimum absolute atomic E-state index is 0.0398. The Balaban J connectivity index is 1.61. The minimum Gasteiger partial charge on any atom is -0.481 e. The van der Waals surface area contributed by atoms with Crippen LogP contribution in [-0.2, 0) is 81.6 Å². The van der Waals surface area contributed by atoms with Gasteiger partial charge in [0.15, 0.2) is 5.78 Å². The molecule has 4 rings (SSSR count). The van der Waals surface area contributed by atoms with E-state index in [1.165, 1.54) is 63.8 Å². The van der Waals surface area contributed by atoms with Crippen molar-refractivity contribution in [1.82, 2.24) is 56.0 Å². The van der Waals surface area contributed by atoms with E-state index in [4.69, 9.17) is 5.73 Å². The van der Waals surface area contributed by atoms with Crippen LogP contribution < -0.4 is 32.3 Å². The lowest BCUT2D eigenvalue weighted by Crippen LogP contribution is -2.62. The molecule has 0 spiro atoms. The maximum atomic E-state index is 15.1. The molecule has 1 heterocycles. The van der Waals surface area contributed by atoms with Crippen LogP contribution in [0.2, 0.25) is 0 Å². The van der Waals surface area contributed by atoms with Gasteiger partial charge in [-0.25, -0.2) is 0 Å². The van der Waals surface area contributed by atoms with Gasteiger partial charge in [0.25, 0.3) is 0 Å². The van der Waals surface area contributed by atoms with E-state index in [1.54, 1.807) is 131 Å². The second-order valence-corrected chi connectivity index (χ2v) is 29.0. The number of amides is 11. The number of aliphatic hydroxyl groups excluding tert-OH is 1. The van der Waals surface area contributed by atoms with Gasteiger partial charge in [0.2, 0.25) is 65.0 Å². The Morgan fingerprint density at radius 3 is 1.38 bits per heavy atom. The van der Waals surface area contributed by atoms with Gasteiger partial charge >= 0.3 is 5.97 Å². The molecule has 3 aromatic carbocycles. The van der Waals surface area contributed by atoms with Crippen molar-refractivity contribution in [2.24, 2.45) is 35.3 Å². The minimum atomic E-state index is -1.75. The molecule has 0 radical (unpaired) electrons. The fourth-order valence-corrected chi connectivity index (χ4v) is 12.8. The van der Waals surface area contributed by atoms with E-state index in [-0.39, 0.29) is 49.8 Å². The average Bonchev–Trinajstić information content (AvgIpc) is 0.837. The largest absolute Gasteiger partial charge is 0.481 e. The molecule has 0 bridgehead atoms. The third-order valence-electron chi connectivity index (χ3n) is 18.8. The lowest BCUT2D eigenvalue weighted by atomic mass is 9.87. The third kappa shape index (κ3) is 26.0. The summed E-state index contributed by atoms with van der Waals surface area (Å²) in [6, 6.07) is 13.5. The van der Waals surface area contributed by atoms with E-state index in [2.05, 4.69) is 26.6 Å². The monoisotopic (exact) mass is 1430 g/mol. The van der Waals surface area contributed by atoms with Crippen LogP contribution >= 0.6 is 0 Å². The molecule has 0 saturated carbocycles. The van der Waals surface area contributed by atoms with Gasteiger partial charge in [0.05, 0.1) is 31.2 Å². The molecule has 1 aliphatic heterocycles. The maximum Gasteiger partial charge on any atom is 0.305 e. The van der Waals surface area contributed by atoms with Crippen molar-refractivity contribution in [2.45, 2.75) is 207 Å². The summed E-state index contributed by atoms with van der Waals surface area (Å²) < 4.78 is 0. The number of likely N-dealkylation sites (N-methyl/N-ethyl adjacent to an activating group) is 5. The van der Waals surface area contributed by atoms with E-state index < -0.39 is 174 Å². The number of nitrogens with two attached hydrogens (primary N) is 1. The Labute approximate surface area is 607 Å². The van der Waals surface area contributed by atoms with E-state index >= 15 is 9.59 Å². The van der Waals surface area contributed by atoms with Crippen LogP contribution in [0.25, 0.3) is 0 Å². The molecule has 0 unspecified atom stereocenters. The van der Waals surface area contributed by atoms with Crippen molar-refractivity contribution in [2.75, 3.05) is 54.9 Å². The first-order valence-corrected chi connectivity index (χ1v) is 35.8. The molecular weight excluding hydrogens is 1320 g/mol. The number of aliphatic hydroxyl groups is 1. The molecule has 1 fully saturated rings. The standard InChI is InChI=1S/C76H114N12O15/c1-45(2)37-57(85(14)75(102)64(47(5)6)81-67(94)49(9)77)71(98)82-65(51(11)89)76(103)86(15)58(40-53-31-23-18-24-32-53)69(96)78-44-62(91)83(12)60(38-46(3)4)74(101)87(16)66(48(7)8)61(90)42-55(39-52-29-21-17-22-30-52)68(95)80-56(43-63(92)93)73(100)84(13)59(41-54-33-25-19-26-34-54)70(97)79-50(10)72(99)88-35-27-20-28-36-88/h17-19,21-26,29-34,45-51,55-60,64-66,89H,20,27-28,35-44,77H2,1-16H3,(H,78,96)(H,79,97)(H,80,95)(H,81,94)(H,82,98)(H,92,93)/t49-,50-,51+,55+,56-,57-,58-,59-,60-,64-,65-,66-/m0/s1. The van der Waals surface area contributed by atoms with E-state index in [0.717, 1.165) is 29.1 Å². The fraction of sp³-hybridized carbons (Fsp3) is 0.592. The predicted molar refractivity (Wildman–Crippen MR) is 389 cm³/mol. The van der Waals surface area contributed by atoms with Gasteiger partial charge in [-0.2, -0.15) is 0 Å². The first-order valence-electron chi connectivity index (χ1n) is 35.8. The number of carboxylic acid groups (broad SMARTS) is 1. The summed E-state index contributed by atoms with van der Waals surface area (Å²) in [6.07, 6.45) is -0.368. The molecule has 9 N–H and O–H groups in total. The van der Waals surface area contributed by atoms with E-state index in [0.29, 0.717) is 29.8 Å². The van der Waals surface area contributed by atoms with Crippen molar-refractivity contribution in [3.05, 3.63) is 108 Å². The van der Waals surface area contributed by atoms with Crippen LogP contribution in [0.5, 0.6) is 0 Å². The second-order valence-electron chi connectivity index (χ2n) is 29.0. The second kappa shape index (κ2) is 41.3. The average molecular weight is 1440 g/mol. The van der Waals surface area contributed by atoms with Gasteiger partial charge in [-0.1, -0.05) is 146 Å². The van der Waals surface area contributed by atoms with Crippen LogP contribution in [0.3, 0.4) is 0 Å². The normalized spacial score (nSPS) is 15.8. The summed E-state index contributed by atoms with van der Waals surface area (Å²) >= 11 is 0. The maximum absolute atomic E-state index is 15.1. The van der Waals surface area contributed by atoms with Crippen molar-refractivity contribution in [3.63, 3.8) is 0 Å². The number of carboxylic acids is 1. The highest BCUT2D eigenvalue weighted by atomic mass is 16.4. The van der Waals surface area contributed by atoms with Crippen LogP contribution in [0.15, 0.2) is 91.0 Å². The zero-order valence-electron chi connectivity index (χ0n) is 63.1. The van der Waals surface area contributed by atoms with Crippen molar-refractivity contribution < 1.29 is 72.5 Å². The number of benzene rings is 3. The number of piperidine rings is 1. The smallest absolute Gasteiger partial charge is 0.305 e. The zero-order chi connectivity index (χ0) is 77.3. The van der Waals surface area contributed by atoms with Crippen LogP contribution in [0, 0.1) is 29.6 Å². The summed E-state index contributed by atoms with van der Waals surface area (Å²) in [5.74, 6) is -12.5. The van der Waals surface area contributed by atoms with E-state index in [9.17, 15) is 63.0 Å². The Hall–Kier alpha value is -9.11. The number of carbonyl (C=O) groups is 13.